The third-order valence-corrected chi connectivity index (χ3v) is 4.53. The Labute approximate surface area is 127 Å². The molecule has 1 fully saturated rings. The third kappa shape index (κ3) is 3.16. The number of amides is 2. The lowest BCUT2D eigenvalue weighted by Crippen LogP contribution is -2.50. The van der Waals surface area contributed by atoms with Crippen LogP contribution in [0.5, 0.6) is 0 Å². The van der Waals surface area contributed by atoms with Crippen LogP contribution in [0.25, 0.3) is 0 Å². The molecule has 21 heavy (non-hydrogen) atoms. The van der Waals surface area contributed by atoms with Gasteiger partial charge in [-0.2, -0.15) is 0 Å². The fraction of sp³-hybridized carbons (Fsp3) is 0.333. The van der Waals surface area contributed by atoms with Gasteiger partial charge in [0.1, 0.15) is 0 Å². The number of nitrogens with one attached hydrogen (secondary N) is 1. The van der Waals surface area contributed by atoms with E-state index in [0.717, 1.165) is 10.4 Å². The summed E-state index contributed by atoms with van der Waals surface area (Å²) in [5, 5.41) is 1.91. The highest BCUT2D eigenvalue weighted by atomic mass is 32.1. The van der Waals surface area contributed by atoms with Crippen molar-refractivity contribution in [2.24, 2.45) is 0 Å². The van der Waals surface area contributed by atoms with Crippen LogP contribution in [0.4, 0.5) is 0 Å². The van der Waals surface area contributed by atoms with Crippen LogP contribution < -0.4 is 0 Å². The number of thiophene rings is 1. The molecule has 1 N–H and O–H groups in total. The van der Waals surface area contributed by atoms with Gasteiger partial charge in [-0.05, 0) is 23.1 Å². The third-order valence-electron chi connectivity index (χ3n) is 3.67. The number of rotatable bonds is 3. The fourth-order valence-electron chi connectivity index (χ4n) is 2.47. The highest BCUT2D eigenvalue weighted by Gasteiger charge is 2.25. The van der Waals surface area contributed by atoms with E-state index in [2.05, 4.69) is 4.98 Å². The lowest BCUT2D eigenvalue weighted by molar-refractivity contribution is -0.131. The second kappa shape index (κ2) is 6.13. The SMILES string of the molecule is O=C(Cc1cc[nH]c1)N1CCN(C(=O)c2cccs2)CC1. The number of aromatic nitrogens is 1. The van der Waals surface area contributed by atoms with Crippen LogP contribution in [0.15, 0.2) is 36.0 Å². The van der Waals surface area contributed by atoms with Crippen molar-refractivity contribution < 1.29 is 9.59 Å². The van der Waals surface area contributed by atoms with E-state index in [0.29, 0.717) is 32.6 Å². The highest BCUT2D eigenvalue weighted by molar-refractivity contribution is 7.12. The van der Waals surface area contributed by atoms with E-state index in [9.17, 15) is 9.59 Å². The molecule has 1 aliphatic rings. The van der Waals surface area contributed by atoms with Crippen LogP contribution in [0, 0.1) is 0 Å². The van der Waals surface area contributed by atoms with Crippen LogP contribution >= 0.6 is 11.3 Å². The molecule has 0 spiro atoms. The summed E-state index contributed by atoms with van der Waals surface area (Å²) in [5.41, 5.74) is 0.997. The Balaban J connectivity index is 1.53. The Hall–Kier alpha value is -2.08. The lowest BCUT2D eigenvalue weighted by atomic mass is 10.2. The van der Waals surface area contributed by atoms with Crippen LogP contribution in [0.3, 0.4) is 0 Å². The zero-order chi connectivity index (χ0) is 14.7. The second-order valence-corrected chi connectivity index (χ2v) is 5.99. The summed E-state index contributed by atoms with van der Waals surface area (Å²) >= 11 is 1.46. The predicted octanol–water partition coefficient (Wildman–Crippen LogP) is 1.60. The van der Waals surface area contributed by atoms with E-state index in [1.807, 2.05) is 45.8 Å². The van der Waals surface area contributed by atoms with Crippen molar-refractivity contribution in [1.82, 2.24) is 14.8 Å². The molecular weight excluding hydrogens is 286 g/mol. The molecule has 0 aromatic carbocycles. The molecule has 3 rings (SSSR count). The molecule has 0 radical (unpaired) electrons. The van der Waals surface area contributed by atoms with Gasteiger partial charge in [-0.15, -0.1) is 11.3 Å². The summed E-state index contributed by atoms with van der Waals surface area (Å²) in [5.74, 6) is 0.195. The van der Waals surface area contributed by atoms with Gasteiger partial charge in [-0.25, -0.2) is 0 Å². The van der Waals surface area contributed by atoms with Crippen molar-refractivity contribution in [2.45, 2.75) is 6.42 Å². The summed E-state index contributed by atoms with van der Waals surface area (Å²) in [6, 6.07) is 5.64. The van der Waals surface area contributed by atoms with Crippen molar-refractivity contribution >= 4 is 23.2 Å². The quantitative estimate of drug-likeness (QED) is 0.936. The molecule has 1 saturated heterocycles. The Morgan fingerprint density at radius 2 is 1.90 bits per heavy atom. The summed E-state index contributed by atoms with van der Waals surface area (Å²) in [6.45, 7) is 2.44. The first-order chi connectivity index (χ1) is 10.2. The van der Waals surface area contributed by atoms with Crippen molar-refractivity contribution in [2.75, 3.05) is 26.2 Å². The van der Waals surface area contributed by atoms with E-state index in [1.165, 1.54) is 11.3 Å². The van der Waals surface area contributed by atoms with Gasteiger partial charge in [0.25, 0.3) is 5.91 Å². The number of hydrogen-bond donors (Lipinski definition) is 1. The van der Waals surface area contributed by atoms with Gasteiger partial charge in [-0.1, -0.05) is 6.07 Å². The van der Waals surface area contributed by atoms with Crippen LogP contribution in [-0.2, 0) is 11.2 Å². The molecule has 0 atom stereocenters. The maximum absolute atomic E-state index is 12.2. The standard InChI is InChI=1S/C15H17N3O2S/c19-14(10-12-3-4-16-11-12)17-5-7-18(8-6-17)15(20)13-2-1-9-21-13/h1-4,9,11,16H,5-8,10H2. The topological polar surface area (TPSA) is 56.4 Å². The van der Waals surface area contributed by atoms with Crippen LogP contribution in [0.1, 0.15) is 15.2 Å². The zero-order valence-electron chi connectivity index (χ0n) is 11.6. The van der Waals surface area contributed by atoms with Crippen LogP contribution in [-0.4, -0.2) is 52.8 Å². The Morgan fingerprint density at radius 3 is 2.52 bits per heavy atom. The molecule has 2 aromatic heterocycles. The zero-order valence-corrected chi connectivity index (χ0v) is 12.4. The first-order valence-corrected chi connectivity index (χ1v) is 7.84. The Kier molecular flexibility index (Phi) is 4.06. The molecule has 3 heterocycles. The molecule has 1 aliphatic heterocycles. The molecule has 5 nitrogen and oxygen atoms in total. The number of piperazine rings is 1. The molecule has 0 saturated carbocycles. The minimum absolute atomic E-state index is 0.0720. The van der Waals surface area contributed by atoms with E-state index in [1.54, 1.807) is 0 Å². The van der Waals surface area contributed by atoms with Crippen LogP contribution in [0.2, 0.25) is 0 Å². The molecule has 2 aromatic rings. The molecule has 2 amide bonds. The largest absolute Gasteiger partial charge is 0.367 e. The van der Waals surface area contributed by atoms with Crippen molar-refractivity contribution in [3.63, 3.8) is 0 Å². The van der Waals surface area contributed by atoms with E-state index < -0.39 is 0 Å². The molecule has 0 aliphatic carbocycles. The number of carbonyl (C=O) groups is 2. The monoisotopic (exact) mass is 303 g/mol. The van der Waals surface area contributed by atoms with E-state index in [4.69, 9.17) is 0 Å². The van der Waals surface area contributed by atoms with Gasteiger partial charge in [0, 0.05) is 38.6 Å². The maximum Gasteiger partial charge on any atom is 0.264 e. The van der Waals surface area contributed by atoms with Gasteiger partial charge >= 0.3 is 0 Å². The number of H-pyrrole nitrogens is 1. The average molecular weight is 303 g/mol. The normalized spacial score (nSPS) is 15.2. The summed E-state index contributed by atoms with van der Waals surface area (Å²) in [7, 11) is 0. The average Bonchev–Trinajstić information content (AvgIpc) is 3.20. The summed E-state index contributed by atoms with van der Waals surface area (Å²) in [6.07, 6.45) is 4.08. The van der Waals surface area contributed by atoms with Gasteiger partial charge in [-0.3, -0.25) is 9.59 Å². The van der Waals surface area contributed by atoms with Crippen molar-refractivity contribution in [1.29, 1.82) is 0 Å². The number of aromatic amines is 1. The maximum atomic E-state index is 12.2. The minimum atomic E-state index is 0.0720. The summed E-state index contributed by atoms with van der Waals surface area (Å²) in [4.78, 5) is 31.8. The summed E-state index contributed by atoms with van der Waals surface area (Å²) < 4.78 is 0. The smallest absolute Gasteiger partial charge is 0.264 e. The van der Waals surface area contributed by atoms with Crippen molar-refractivity contribution in [3.05, 3.63) is 46.4 Å². The predicted molar refractivity (Wildman–Crippen MR) is 81.3 cm³/mol. The molecule has 0 bridgehead atoms. The molecule has 110 valence electrons. The van der Waals surface area contributed by atoms with Gasteiger partial charge in [0.15, 0.2) is 0 Å². The van der Waals surface area contributed by atoms with Gasteiger partial charge < -0.3 is 14.8 Å². The second-order valence-electron chi connectivity index (χ2n) is 5.05. The number of hydrogen-bond acceptors (Lipinski definition) is 3. The number of nitrogens with zero attached hydrogens (tertiary/aromatic N) is 2. The minimum Gasteiger partial charge on any atom is -0.367 e. The Morgan fingerprint density at radius 1 is 1.14 bits per heavy atom. The first-order valence-electron chi connectivity index (χ1n) is 6.96. The Bertz CT molecular complexity index is 599. The molecular formula is C15H17N3O2S. The van der Waals surface area contributed by atoms with E-state index in [-0.39, 0.29) is 11.8 Å². The first kappa shape index (κ1) is 13.9. The van der Waals surface area contributed by atoms with Gasteiger partial charge in [0.05, 0.1) is 11.3 Å². The fourth-order valence-corrected chi connectivity index (χ4v) is 3.16. The highest BCUT2D eigenvalue weighted by Crippen LogP contribution is 2.14. The lowest BCUT2D eigenvalue weighted by Gasteiger charge is -2.34. The van der Waals surface area contributed by atoms with E-state index >= 15 is 0 Å². The number of carbonyl (C=O) groups excluding carboxylic acids is 2. The van der Waals surface area contributed by atoms with Crippen molar-refractivity contribution in [3.8, 4) is 0 Å². The van der Waals surface area contributed by atoms with Gasteiger partial charge in [0.2, 0.25) is 5.91 Å². The molecule has 6 heteroatoms. The molecule has 0 unspecified atom stereocenters.